The van der Waals surface area contributed by atoms with Crippen LogP contribution in [0.5, 0.6) is 0 Å². The van der Waals surface area contributed by atoms with Gasteiger partial charge in [0.05, 0.1) is 21.3 Å². The van der Waals surface area contributed by atoms with Crippen LogP contribution in [0.15, 0.2) is 24.4 Å². The molecule has 0 bridgehead atoms. The van der Waals surface area contributed by atoms with Crippen molar-refractivity contribution in [3.8, 4) is 17.3 Å². The van der Waals surface area contributed by atoms with Crippen LogP contribution in [0.4, 0.5) is 0 Å². The van der Waals surface area contributed by atoms with Crippen LogP contribution in [0.3, 0.4) is 0 Å². The summed E-state index contributed by atoms with van der Waals surface area (Å²) in [7, 11) is 0. The lowest BCUT2D eigenvalue weighted by atomic mass is 10.1. The molecule has 0 radical (unpaired) electrons. The second kappa shape index (κ2) is 5.22. The van der Waals surface area contributed by atoms with Crippen molar-refractivity contribution in [3.05, 3.63) is 40.0 Å². The standard InChI is InChI=1S/C10H5Cl2N3.ClH/c11-8-3-6(10-1-2-14-15-10)4-9(12)7(8)5-13;/h1-4H,(H,14,15);1H. The van der Waals surface area contributed by atoms with Gasteiger partial charge in [-0.15, -0.1) is 12.4 Å². The molecule has 0 saturated carbocycles. The molecule has 0 aliphatic rings. The van der Waals surface area contributed by atoms with Crippen molar-refractivity contribution in [2.24, 2.45) is 0 Å². The number of benzene rings is 1. The Balaban J connectivity index is 0.00000128. The third-order valence-corrected chi connectivity index (χ3v) is 2.56. The maximum Gasteiger partial charge on any atom is 0.102 e. The third-order valence-electron chi connectivity index (χ3n) is 1.97. The van der Waals surface area contributed by atoms with Gasteiger partial charge in [-0.05, 0) is 18.2 Å². The van der Waals surface area contributed by atoms with Crippen molar-refractivity contribution >= 4 is 35.6 Å². The van der Waals surface area contributed by atoms with Gasteiger partial charge in [-0.3, -0.25) is 5.10 Å². The Hall–Kier alpha value is -1.21. The first-order valence-electron chi connectivity index (χ1n) is 4.11. The van der Waals surface area contributed by atoms with E-state index in [9.17, 15) is 0 Å². The molecule has 2 aromatic rings. The van der Waals surface area contributed by atoms with Crippen LogP contribution < -0.4 is 0 Å². The van der Waals surface area contributed by atoms with E-state index in [0.29, 0.717) is 15.6 Å². The topological polar surface area (TPSA) is 52.5 Å². The predicted octanol–water partition coefficient (Wildman–Crippen LogP) is 3.68. The quantitative estimate of drug-likeness (QED) is 0.862. The van der Waals surface area contributed by atoms with Gasteiger partial charge in [-0.25, -0.2) is 0 Å². The van der Waals surface area contributed by atoms with Gasteiger partial charge in [0, 0.05) is 11.8 Å². The SMILES string of the molecule is Cl.N#Cc1c(Cl)cc(-c2ccn[nH]2)cc1Cl. The Labute approximate surface area is 108 Å². The van der Waals surface area contributed by atoms with Crippen LogP contribution >= 0.6 is 35.6 Å². The predicted molar refractivity (Wildman–Crippen MR) is 66.0 cm³/mol. The van der Waals surface area contributed by atoms with E-state index >= 15 is 0 Å². The lowest BCUT2D eigenvalue weighted by molar-refractivity contribution is 1.10. The van der Waals surface area contributed by atoms with Crippen LogP contribution in [0.1, 0.15) is 5.56 Å². The molecule has 0 aliphatic heterocycles. The van der Waals surface area contributed by atoms with E-state index in [1.807, 2.05) is 6.07 Å². The molecule has 2 rings (SSSR count). The number of aromatic nitrogens is 2. The van der Waals surface area contributed by atoms with E-state index in [0.717, 1.165) is 11.3 Å². The maximum atomic E-state index is 8.78. The molecular formula is C10H6Cl3N3. The summed E-state index contributed by atoms with van der Waals surface area (Å²) in [5.41, 5.74) is 1.91. The number of H-pyrrole nitrogens is 1. The Morgan fingerprint density at radius 3 is 2.31 bits per heavy atom. The second-order valence-corrected chi connectivity index (χ2v) is 3.71. The number of nitriles is 1. The third kappa shape index (κ3) is 2.30. The average molecular weight is 275 g/mol. The Kier molecular flexibility index (Phi) is 4.19. The summed E-state index contributed by atoms with van der Waals surface area (Å²) in [6.45, 7) is 0. The van der Waals surface area contributed by atoms with E-state index in [1.165, 1.54) is 0 Å². The molecule has 0 atom stereocenters. The number of nitrogens with zero attached hydrogens (tertiary/aromatic N) is 2. The molecule has 1 aromatic heterocycles. The zero-order valence-electron chi connectivity index (χ0n) is 7.87. The zero-order valence-corrected chi connectivity index (χ0v) is 10.2. The number of hydrogen-bond acceptors (Lipinski definition) is 2. The first-order valence-corrected chi connectivity index (χ1v) is 4.87. The maximum absolute atomic E-state index is 8.78. The molecule has 1 heterocycles. The van der Waals surface area contributed by atoms with Crippen molar-refractivity contribution in [2.45, 2.75) is 0 Å². The lowest BCUT2D eigenvalue weighted by Crippen LogP contribution is -1.84. The molecule has 0 unspecified atom stereocenters. The van der Waals surface area contributed by atoms with Crippen molar-refractivity contribution in [1.29, 1.82) is 5.26 Å². The number of halogens is 3. The highest BCUT2D eigenvalue weighted by Gasteiger charge is 2.09. The van der Waals surface area contributed by atoms with Crippen molar-refractivity contribution in [2.75, 3.05) is 0 Å². The lowest BCUT2D eigenvalue weighted by Gasteiger charge is -2.02. The molecule has 16 heavy (non-hydrogen) atoms. The molecule has 0 aliphatic carbocycles. The van der Waals surface area contributed by atoms with Gasteiger partial charge in [-0.1, -0.05) is 23.2 Å². The van der Waals surface area contributed by atoms with E-state index in [-0.39, 0.29) is 12.4 Å². The Morgan fingerprint density at radius 1 is 1.25 bits per heavy atom. The van der Waals surface area contributed by atoms with Crippen molar-refractivity contribution in [1.82, 2.24) is 10.2 Å². The fourth-order valence-electron chi connectivity index (χ4n) is 1.25. The van der Waals surface area contributed by atoms with Gasteiger partial charge < -0.3 is 0 Å². The number of rotatable bonds is 1. The summed E-state index contributed by atoms with van der Waals surface area (Å²) < 4.78 is 0. The van der Waals surface area contributed by atoms with Gasteiger partial charge in [0.25, 0.3) is 0 Å². The van der Waals surface area contributed by atoms with Gasteiger partial charge in [-0.2, -0.15) is 10.4 Å². The molecule has 3 nitrogen and oxygen atoms in total. The minimum atomic E-state index is 0. The van der Waals surface area contributed by atoms with Gasteiger partial charge in [0.1, 0.15) is 6.07 Å². The van der Waals surface area contributed by atoms with Crippen LogP contribution in [0.25, 0.3) is 11.3 Å². The van der Waals surface area contributed by atoms with Crippen LogP contribution in [-0.4, -0.2) is 10.2 Å². The highest BCUT2D eigenvalue weighted by Crippen LogP contribution is 2.30. The molecule has 0 spiro atoms. The molecular weight excluding hydrogens is 268 g/mol. The molecule has 0 amide bonds. The fraction of sp³-hybridized carbons (Fsp3) is 0. The summed E-state index contributed by atoms with van der Waals surface area (Å²) in [4.78, 5) is 0. The number of nitrogens with one attached hydrogen (secondary N) is 1. The van der Waals surface area contributed by atoms with Gasteiger partial charge in [0.2, 0.25) is 0 Å². The highest BCUT2D eigenvalue weighted by molar-refractivity contribution is 6.37. The molecule has 0 saturated heterocycles. The molecule has 6 heteroatoms. The van der Waals surface area contributed by atoms with Crippen molar-refractivity contribution < 1.29 is 0 Å². The Bertz CT molecular complexity index is 506. The van der Waals surface area contributed by atoms with E-state index in [2.05, 4.69) is 10.2 Å². The monoisotopic (exact) mass is 273 g/mol. The van der Waals surface area contributed by atoms with Crippen LogP contribution in [0.2, 0.25) is 10.0 Å². The van der Waals surface area contributed by atoms with Crippen LogP contribution in [-0.2, 0) is 0 Å². The van der Waals surface area contributed by atoms with E-state index in [1.54, 1.807) is 24.4 Å². The fourth-order valence-corrected chi connectivity index (χ4v) is 1.82. The number of hydrogen-bond donors (Lipinski definition) is 1. The smallest absolute Gasteiger partial charge is 0.102 e. The summed E-state index contributed by atoms with van der Waals surface area (Å²) in [6, 6.07) is 7.11. The van der Waals surface area contributed by atoms with Gasteiger partial charge in [0.15, 0.2) is 0 Å². The summed E-state index contributed by atoms with van der Waals surface area (Å²) >= 11 is 11.8. The van der Waals surface area contributed by atoms with E-state index < -0.39 is 0 Å². The summed E-state index contributed by atoms with van der Waals surface area (Å²) in [5.74, 6) is 0. The molecule has 0 fully saturated rings. The summed E-state index contributed by atoms with van der Waals surface area (Å²) in [5, 5.41) is 16.1. The minimum Gasteiger partial charge on any atom is -0.278 e. The van der Waals surface area contributed by atoms with Crippen molar-refractivity contribution in [3.63, 3.8) is 0 Å². The first-order chi connectivity index (χ1) is 7.22. The first kappa shape index (κ1) is 12.9. The Morgan fingerprint density at radius 2 is 1.88 bits per heavy atom. The second-order valence-electron chi connectivity index (χ2n) is 2.90. The van der Waals surface area contributed by atoms with Gasteiger partial charge >= 0.3 is 0 Å². The normalized spacial score (nSPS) is 9.31. The largest absolute Gasteiger partial charge is 0.278 e. The molecule has 1 aromatic carbocycles. The average Bonchev–Trinajstić information content (AvgIpc) is 2.69. The van der Waals surface area contributed by atoms with E-state index in [4.69, 9.17) is 28.5 Å². The molecule has 82 valence electrons. The van der Waals surface area contributed by atoms with Crippen LogP contribution in [0, 0.1) is 11.3 Å². The zero-order chi connectivity index (χ0) is 10.8. The number of aromatic amines is 1. The minimum absolute atomic E-state index is 0. The molecule has 1 N–H and O–H groups in total. The highest BCUT2D eigenvalue weighted by atomic mass is 35.5. The summed E-state index contributed by atoms with van der Waals surface area (Å²) in [6.07, 6.45) is 1.63.